The lowest BCUT2D eigenvalue weighted by molar-refractivity contribution is -0.134. The van der Waals surface area contributed by atoms with E-state index in [9.17, 15) is 4.79 Å². The first-order valence-electron chi connectivity index (χ1n) is 5.23. The van der Waals surface area contributed by atoms with Crippen LogP contribution in [0.4, 0.5) is 0 Å². The summed E-state index contributed by atoms with van der Waals surface area (Å²) in [7, 11) is 0. The normalized spacial score (nSPS) is 17.6. The minimum Gasteiger partial charge on any atom is -0.427 e. The van der Waals surface area contributed by atoms with Crippen molar-refractivity contribution in [2.75, 3.05) is 0 Å². The van der Waals surface area contributed by atoms with Crippen LogP contribution in [-0.4, -0.2) is 5.97 Å². The van der Waals surface area contributed by atoms with E-state index in [4.69, 9.17) is 4.74 Å². The number of ether oxygens (including phenoxy) is 1. The third-order valence-corrected chi connectivity index (χ3v) is 2.63. The maximum absolute atomic E-state index is 11.1. The highest BCUT2D eigenvalue weighted by Crippen LogP contribution is 2.32. The highest BCUT2D eigenvalue weighted by Gasteiger charge is 2.14. The summed E-state index contributed by atoms with van der Waals surface area (Å²) >= 11 is 0. The number of hydrogen-bond donors (Lipinski definition) is 0. The molecule has 2 heteroatoms. The molecular weight excluding hydrogens is 188 g/mol. The van der Waals surface area contributed by atoms with Gasteiger partial charge >= 0.3 is 5.97 Å². The molecule has 0 heterocycles. The Morgan fingerprint density at radius 2 is 2.27 bits per heavy atom. The molecular formula is C13H14O2. The molecule has 1 aromatic rings. The van der Waals surface area contributed by atoms with Gasteiger partial charge < -0.3 is 4.74 Å². The molecule has 1 aromatic carbocycles. The monoisotopic (exact) mass is 202 g/mol. The maximum Gasteiger partial charge on any atom is 0.310 e. The van der Waals surface area contributed by atoms with Gasteiger partial charge in [0.2, 0.25) is 0 Å². The molecule has 0 amide bonds. The van der Waals surface area contributed by atoms with Crippen LogP contribution >= 0.6 is 0 Å². The minimum atomic E-state index is -0.187. The van der Waals surface area contributed by atoms with Crippen LogP contribution in [0.2, 0.25) is 0 Å². The molecule has 1 atom stereocenters. The van der Waals surface area contributed by atoms with E-state index in [-0.39, 0.29) is 5.97 Å². The molecule has 1 unspecified atom stereocenters. The van der Waals surface area contributed by atoms with Gasteiger partial charge in [-0.05, 0) is 23.3 Å². The van der Waals surface area contributed by atoms with E-state index >= 15 is 0 Å². The largest absolute Gasteiger partial charge is 0.427 e. The van der Waals surface area contributed by atoms with Crippen LogP contribution in [0.5, 0.6) is 5.75 Å². The van der Waals surface area contributed by atoms with Crippen molar-refractivity contribution in [2.45, 2.75) is 26.2 Å². The van der Waals surface area contributed by atoms with Gasteiger partial charge in [0.05, 0.1) is 0 Å². The molecule has 0 aromatic heterocycles. The van der Waals surface area contributed by atoms with Gasteiger partial charge in [-0.3, -0.25) is 4.79 Å². The molecule has 1 aliphatic rings. The molecule has 0 bridgehead atoms. The fourth-order valence-corrected chi connectivity index (χ4v) is 1.72. The van der Waals surface area contributed by atoms with E-state index in [1.807, 2.05) is 18.2 Å². The third-order valence-electron chi connectivity index (χ3n) is 2.63. The Morgan fingerprint density at radius 1 is 1.47 bits per heavy atom. The van der Waals surface area contributed by atoms with Crippen LogP contribution in [-0.2, 0) is 4.79 Å². The minimum absolute atomic E-state index is 0.187. The van der Waals surface area contributed by atoms with E-state index in [2.05, 4.69) is 19.1 Å². The third kappa shape index (κ3) is 1.94. The fourth-order valence-electron chi connectivity index (χ4n) is 1.72. The SMILES string of the molecule is CCC(=O)Oc1ccc2c(c1)C(C)C=C2. The first-order chi connectivity index (χ1) is 7.20. The molecule has 0 N–H and O–H groups in total. The number of allylic oxidation sites excluding steroid dienone is 1. The van der Waals surface area contributed by atoms with Gasteiger partial charge in [0, 0.05) is 12.3 Å². The number of carbonyl (C=O) groups is 1. The molecule has 0 saturated carbocycles. The lowest BCUT2D eigenvalue weighted by Gasteiger charge is -2.08. The molecule has 0 radical (unpaired) electrons. The highest BCUT2D eigenvalue weighted by atomic mass is 16.5. The molecule has 2 nitrogen and oxygen atoms in total. The predicted molar refractivity (Wildman–Crippen MR) is 59.8 cm³/mol. The first kappa shape index (κ1) is 9.97. The Balaban J connectivity index is 2.23. The lowest BCUT2D eigenvalue weighted by Crippen LogP contribution is -2.05. The second-order valence-electron chi connectivity index (χ2n) is 3.77. The standard InChI is InChI=1S/C13H14O2/c1-3-13(14)15-11-7-6-10-5-4-9(2)12(10)8-11/h4-9H,3H2,1-2H3. The van der Waals surface area contributed by atoms with Crippen LogP contribution in [0.3, 0.4) is 0 Å². The maximum atomic E-state index is 11.1. The average Bonchev–Trinajstić information content (AvgIpc) is 2.60. The Kier molecular flexibility index (Phi) is 2.58. The Hall–Kier alpha value is -1.57. The number of fused-ring (bicyclic) bond motifs is 1. The molecule has 0 aliphatic heterocycles. The van der Waals surface area contributed by atoms with Crippen molar-refractivity contribution in [2.24, 2.45) is 0 Å². The summed E-state index contributed by atoms with van der Waals surface area (Å²) in [5.41, 5.74) is 2.45. The average molecular weight is 202 g/mol. The molecule has 0 fully saturated rings. The van der Waals surface area contributed by atoms with Gasteiger partial charge in [0.15, 0.2) is 0 Å². The summed E-state index contributed by atoms with van der Waals surface area (Å²) in [6, 6.07) is 5.79. The summed E-state index contributed by atoms with van der Waals surface area (Å²) in [5.74, 6) is 0.880. The van der Waals surface area contributed by atoms with E-state index < -0.39 is 0 Å². The van der Waals surface area contributed by atoms with Crippen molar-refractivity contribution < 1.29 is 9.53 Å². The molecule has 1 aliphatic carbocycles. The summed E-state index contributed by atoms with van der Waals surface area (Å²) in [5, 5.41) is 0. The fraction of sp³-hybridized carbons (Fsp3) is 0.308. The summed E-state index contributed by atoms with van der Waals surface area (Å²) < 4.78 is 5.17. The van der Waals surface area contributed by atoms with Gasteiger partial charge in [0.25, 0.3) is 0 Å². The van der Waals surface area contributed by atoms with E-state index in [1.165, 1.54) is 11.1 Å². The topological polar surface area (TPSA) is 26.3 Å². The van der Waals surface area contributed by atoms with Crippen molar-refractivity contribution in [3.05, 3.63) is 35.4 Å². The molecule has 0 spiro atoms. The number of benzene rings is 1. The predicted octanol–water partition coefficient (Wildman–Crippen LogP) is 3.13. The van der Waals surface area contributed by atoms with Crippen molar-refractivity contribution >= 4 is 12.0 Å². The van der Waals surface area contributed by atoms with Gasteiger partial charge in [-0.2, -0.15) is 0 Å². The molecule has 0 saturated heterocycles. The van der Waals surface area contributed by atoms with Gasteiger partial charge in [-0.15, -0.1) is 0 Å². The molecule has 15 heavy (non-hydrogen) atoms. The second kappa shape index (κ2) is 3.89. The number of esters is 1. The lowest BCUT2D eigenvalue weighted by atomic mass is 10.0. The number of rotatable bonds is 2. The number of hydrogen-bond acceptors (Lipinski definition) is 2. The van der Waals surface area contributed by atoms with Gasteiger partial charge in [0.1, 0.15) is 5.75 Å². The van der Waals surface area contributed by atoms with Crippen LogP contribution in [0.1, 0.15) is 37.3 Å². The van der Waals surface area contributed by atoms with Crippen LogP contribution in [0, 0.1) is 0 Å². The van der Waals surface area contributed by atoms with Crippen LogP contribution in [0.25, 0.3) is 6.08 Å². The zero-order valence-corrected chi connectivity index (χ0v) is 8.99. The smallest absolute Gasteiger partial charge is 0.310 e. The zero-order chi connectivity index (χ0) is 10.8. The number of carbonyl (C=O) groups excluding carboxylic acids is 1. The Morgan fingerprint density at radius 3 is 3.00 bits per heavy atom. The summed E-state index contributed by atoms with van der Waals surface area (Å²) in [4.78, 5) is 11.1. The summed E-state index contributed by atoms with van der Waals surface area (Å²) in [6.07, 6.45) is 4.66. The second-order valence-corrected chi connectivity index (χ2v) is 3.77. The van der Waals surface area contributed by atoms with E-state index in [0.717, 1.165) is 0 Å². The van der Waals surface area contributed by atoms with Crippen LogP contribution < -0.4 is 4.74 Å². The zero-order valence-electron chi connectivity index (χ0n) is 8.99. The first-order valence-corrected chi connectivity index (χ1v) is 5.23. The molecule has 78 valence electrons. The quantitative estimate of drug-likeness (QED) is 0.544. The van der Waals surface area contributed by atoms with Crippen molar-refractivity contribution in [1.29, 1.82) is 0 Å². The van der Waals surface area contributed by atoms with Crippen molar-refractivity contribution in [3.63, 3.8) is 0 Å². The van der Waals surface area contributed by atoms with Gasteiger partial charge in [-0.25, -0.2) is 0 Å². The van der Waals surface area contributed by atoms with Gasteiger partial charge in [-0.1, -0.05) is 32.1 Å². The van der Waals surface area contributed by atoms with Crippen molar-refractivity contribution in [3.8, 4) is 5.75 Å². The van der Waals surface area contributed by atoms with E-state index in [1.54, 1.807) is 6.92 Å². The molecule has 2 rings (SSSR count). The van der Waals surface area contributed by atoms with Crippen molar-refractivity contribution in [1.82, 2.24) is 0 Å². The van der Waals surface area contributed by atoms with E-state index in [0.29, 0.717) is 18.1 Å². The van der Waals surface area contributed by atoms with Crippen LogP contribution in [0.15, 0.2) is 24.3 Å². The summed E-state index contributed by atoms with van der Waals surface area (Å²) in [6.45, 7) is 3.92. The Labute approximate surface area is 89.6 Å². The highest BCUT2D eigenvalue weighted by molar-refractivity contribution is 5.72. The Bertz CT molecular complexity index is 419.